The van der Waals surface area contributed by atoms with E-state index in [0.717, 1.165) is 10.6 Å². The van der Waals surface area contributed by atoms with Crippen LogP contribution in [0.25, 0.3) is 10.6 Å². The van der Waals surface area contributed by atoms with Crippen molar-refractivity contribution in [2.75, 3.05) is 12.4 Å². The molecule has 3 aromatic rings. The molecule has 0 radical (unpaired) electrons. The molecule has 0 unspecified atom stereocenters. The van der Waals surface area contributed by atoms with Crippen LogP contribution in [0.3, 0.4) is 0 Å². The molecule has 1 amide bonds. The number of benzene rings is 1. The number of hydrogen-bond donors (Lipinski definition) is 1. The van der Waals surface area contributed by atoms with E-state index in [-0.39, 0.29) is 17.2 Å². The number of aromatic nitrogens is 2. The van der Waals surface area contributed by atoms with Gasteiger partial charge in [-0.15, -0.1) is 11.3 Å². The first-order valence-electron chi connectivity index (χ1n) is 7.03. The number of nitrogens with zero attached hydrogens (tertiary/aromatic N) is 2. The van der Waals surface area contributed by atoms with E-state index < -0.39 is 5.97 Å². The molecule has 2 heterocycles. The maximum Gasteiger partial charge on any atom is 0.339 e. The lowest BCUT2D eigenvalue weighted by Crippen LogP contribution is -2.15. The molecule has 0 aliphatic heterocycles. The van der Waals surface area contributed by atoms with Crippen LogP contribution in [0.1, 0.15) is 20.8 Å². The summed E-state index contributed by atoms with van der Waals surface area (Å²) in [5, 5.41) is 5.10. The van der Waals surface area contributed by atoms with Crippen LogP contribution >= 0.6 is 11.3 Å². The van der Waals surface area contributed by atoms with Gasteiger partial charge in [0.05, 0.1) is 18.4 Å². The zero-order valence-electron chi connectivity index (χ0n) is 12.7. The SMILES string of the molecule is COC(=O)c1ccccc1NC(=O)c1csc(-c2ccncc2)n1. The number of carbonyl (C=O) groups excluding carboxylic acids is 2. The largest absolute Gasteiger partial charge is 0.465 e. The number of methoxy groups -OCH3 is 1. The number of anilines is 1. The molecule has 0 saturated heterocycles. The van der Waals surface area contributed by atoms with Crippen molar-refractivity contribution >= 4 is 28.9 Å². The number of amides is 1. The predicted molar refractivity (Wildman–Crippen MR) is 91.1 cm³/mol. The van der Waals surface area contributed by atoms with Gasteiger partial charge in [0.2, 0.25) is 0 Å². The maximum atomic E-state index is 12.4. The molecule has 1 N–H and O–H groups in total. The lowest BCUT2D eigenvalue weighted by atomic mass is 10.2. The Morgan fingerprint density at radius 2 is 1.88 bits per heavy atom. The summed E-state index contributed by atoms with van der Waals surface area (Å²) in [5.74, 6) is -0.899. The molecule has 3 rings (SSSR count). The van der Waals surface area contributed by atoms with Gasteiger partial charge in [0.15, 0.2) is 0 Å². The average molecular weight is 339 g/mol. The molecule has 0 bridgehead atoms. The average Bonchev–Trinajstić information content (AvgIpc) is 3.12. The minimum atomic E-state index is -0.512. The molecular formula is C17H13N3O3S. The number of thiazole rings is 1. The van der Waals surface area contributed by atoms with Crippen LogP contribution in [0.5, 0.6) is 0 Å². The number of hydrogen-bond acceptors (Lipinski definition) is 6. The Kier molecular flexibility index (Phi) is 4.62. The molecule has 24 heavy (non-hydrogen) atoms. The molecule has 0 atom stereocenters. The molecule has 0 aliphatic carbocycles. The van der Waals surface area contributed by atoms with Crippen LogP contribution in [-0.4, -0.2) is 29.0 Å². The summed E-state index contributed by atoms with van der Waals surface area (Å²) in [4.78, 5) is 32.4. The molecule has 6 nitrogen and oxygen atoms in total. The second-order valence-electron chi connectivity index (χ2n) is 4.77. The van der Waals surface area contributed by atoms with Gasteiger partial charge in [-0.2, -0.15) is 0 Å². The van der Waals surface area contributed by atoms with Crippen LogP contribution in [0.15, 0.2) is 54.2 Å². The van der Waals surface area contributed by atoms with E-state index in [1.165, 1.54) is 18.4 Å². The van der Waals surface area contributed by atoms with Crippen molar-refractivity contribution < 1.29 is 14.3 Å². The molecule has 0 saturated carbocycles. The highest BCUT2D eigenvalue weighted by atomic mass is 32.1. The minimum absolute atomic E-state index is 0.284. The van der Waals surface area contributed by atoms with E-state index in [1.54, 1.807) is 42.0 Å². The van der Waals surface area contributed by atoms with Gasteiger partial charge in [-0.05, 0) is 24.3 Å². The Balaban J connectivity index is 1.82. The highest BCUT2D eigenvalue weighted by Gasteiger charge is 2.16. The Labute approximate surface area is 142 Å². The minimum Gasteiger partial charge on any atom is -0.465 e. The lowest BCUT2D eigenvalue weighted by Gasteiger charge is -2.08. The van der Waals surface area contributed by atoms with Crippen LogP contribution in [0, 0.1) is 0 Å². The number of esters is 1. The second kappa shape index (κ2) is 7.01. The Morgan fingerprint density at radius 3 is 2.62 bits per heavy atom. The molecule has 0 spiro atoms. The molecule has 1 aromatic carbocycles. The summed E-state index contributed by atoms with van der Waals surface area (Å²) in [6.07, 6.45) is 3.34. The fourth-order valence-electron chi connectivity index (χ4n) is 2.07. The van der Waals surface area contributed by atoms with Crippen LogP contribution in [0.4, 0.5) is 5.69 Å². The first-order valence-corrected chi connectivity index (χ1v) is 7.91. The zero-order chi connectivity index (χ0) is 16.9. The van der Waals surface area contributed by atoms with Gasteiger partial charge in [-0.3, -0.25) is 9.78 Å². The van der Waals surface area contributed by atoms with Crippen molar-refractivity contribution in [3.63, 3.8) is 0 Å². The van der Waals surface area contributed by atoms with E-state index in [2.05, 4.69) is 15.3 Å². The predicted octanol–water partition coefficient (Wildman–Crippen LogP) is 3.24. The Bertz CT molecular complexity index is 878. The first-order chi connectivity index (χ1) is 11.7. The molecule has 120 valence electrons. The zero-order valence-corrected chi connectivity index (χ0v) is 13.5. The van der Waals surface area contributed by atoms with Gasteiger partial charge < -0.3 is 10.1 Å². The topological polar surface area (TPSA) is 81.2 Å². The first kappa shape index (κ1) is 15.8. The monoisotopic (exact) mass is 339 g/mol. The fraction of sp³-hybridized carbons (Fsp3) is 0.0588. The Hall–Kier alpha value is -3.06. The third-order valence-electron chi connectivity index (χ3n) is 3.24. The summed E-state index contributed by atoms with van der Waals surface area (Å²) < 4.78 is 4.72. The van der Waals surface area contributed by atoms with Gasteiger partial charge in [0, 0.05) is 23.3 Å². The number of pyridine rings is 1. The molecule has 0 fully saturated rings. The molecule has 7 heteroatoms. The van der Waals surface area contributed by atoms with Crippen molar-refractivity contribution in [1.29, 1.82) is 0 Å². The number of carbonyl (C=O) groups is 2. The highest BCUT2D eigenvalue weighted by Crippen LogP contribution is 2.24. The number of para-hydroxylation sites is 1. The summed E-state index contributed by atoms with van der Waals surface area (Å²) in [6, 6.07) is 10.3. The smallest absolute Gasteiger partial charge is 0.339 e. The van der Waals surface area contributed by atoms with Crippen LogP contribution in [0.2, 0.25) is 0 Å². The van der Waals surface area contributed by atoms with Gasteiger partial charge >= 0.3 is 5.97 Å². The van der Waals surface area contributed by atoms with E-state index in [4.69, 9.17) is 4.74 Å². The van der Waals surface area contributed by atoms with Gasteiger partial charge in [0.25, 0.3) is 5.91 Å². The van der Waals surface area contributed by atoms with Crippen molar-refractivity contribution in [2.24, 2.45) is 0 Å². The fourth-order valence-corrected chi connectivity index (χ4v) is 2.88. The third-order valence-corrected chi connectivity index (χ3v) is 4.14. The summed E-state index contributed by atoms with van der Waals surface area (Å²) in [7, 11) is 1.29. The lowest BCUT2D eigenvalue weighted by molar-refractivity contribution is 0.0602. The van der Waals surface area contributed by atoms with E-state index in [9.17, 15) is 9.59 Å². The van der Waals surface area contributed by atoms with Crippen molar-refractivity contribution in [2.45, 2.75) is 0 Å². The van der Waals surface area contributed by atoms with Crippen LogP contribution in [-0.2, 0) is 4.74 Å². The second-order valence-corrected chi connectivity index (χ2v) is 5.62. The summed E-state index contributed by atoms with van der Waals surface area (Å²) >= 11 is 1.37. The van der Waals surface area contributed by atoms with Crippen LogP contribution < -0.4 is 5.32 Å². The number of nitrogens with one attached hydrogen (secondary N) is 1. The quantitative estimate of drug-likeness (QED) is 0.738. The van der Waals surface area contributed by atoms with Gasteiger partial charge in [0.1, 0.15) is 10.7 Å². The molecule has 2 aromatic heterocycles. The van der Waals surface area contributed by atoms with Crippen molar-refractivity contribution in [1.82, 2.24) is 9.97 Å². The van der Waals surface area contributed by atoms with Crippen molar-refractivity contribution in [3.8, 4) is 10.6 Å². The standard InChI is InChI=1S/C17H13N3O3S/c1-23-17(22)12-4-2-3-5-13(12)19-15(21)14-10-24-16(20-14)11-6-8-18-9-7-11/h2-10H,1H3,(H,19,21). The molecule has 0 aliphatic rings. The summed E-state index contributed by atoms with van der Waals surface area (Å²) in [6.45, 7) is 0. The maximum absolute atomic E-state index is 12.4. The van der Waals surface area contributed by atoms with Gasteiger partial charge in [-0.1, -0.05) is 12.1 Å². The number of ether oxygens (including phenoxy) is 1. The highest BCUT2D eigenvalue weighted by molar-refractivity contribution is 7.13. The van der Waals surface area contributed by atoms with E-state index in [1.807, 2.05) is 12.1 Å². The summed E-state index contributed by atoms with van der Waals surface area (Å²) in [5.41, 5.74) is 1.85. The van der Waals surface area contributed by atoms with E-state index >= 15 is 0 Å². The molecular weight excluding hydrogens is 326 g/mol. The normalized spacial score (nSPS) is 10.2. The van der Waals surface area contributed by atoms with Gasteiger partial charge in [-0.25, -0.2) is 9.78 Å². The third kappa shape index (κ3) is 3.31. The van der Waals surface area contributed by atoms with E-state index in [0.29, 0.717) is 5.69 Å². The van der Waals surface area contributed by atoms with Crippen molar-refractivity contribution in [3.05, 3.63) is 65.4 Å². The Morgan fingerprint density at radius 1 is 1.12 bits per heavy atom. The number of rotatable bonds is 4.